The number of thiophene rings is 1. The van der Waals surface area contributed by atoms with Crippen molar-refractivity contribution in [3.8, 4) is 0 Å². The molecule has 0 spiro atoms. The molecule has 3 aromatic heterocycles. The lowest BCUT2D eigenvalue weighted by molar-refractivity contribution is -0.136. The van der Waals surface area contributed by atoms with Gasteiger partial charge in [0.1, 0.15) is 21.6 Å². The van der Waals surface area contributed by atoms with Gasteiger partial charge in [0.05, 0.1) is 16.9 Å². The van der Waals surface area contributed by atoms with Gasteiger partial charge in [-0.1, -0.05) is 11.8 Å². The molecule has 4 heterocycles. The van der Waals surface area contributed by atoms with Crippen molar-refractivity contribution in [1.29, 1.82) is 0 Å². The van der Waals surface area contributed by atoms with Gasteiger partial charge in [-0.15, -0.1) is 11.3 Å². The van der Waals surface area contributed by atoms with E-state index in [1.54, 1.807) is 17.2 Å². The number of halogens is 3. The molecular formula is C21H23F3N6O3S2. The number of nitrogens with two attached hydrogens (primary N) is 1. The average Bonchev–Trinajstić information content (AvgIpc) is 3.18. The van der Waals surface area contributed by atoms with Crippen LogP contribution in [0.3, 0.4) is 0 Å². The number of nitrogens with one attached hydrogen (secondary N) is 1. The van der Waals surface area contributed by atoms with Crippen LogP contribution in [0.15, 0.2) is 23.5 Å². The van der Waals surface area contributed by atoms with Crippen LogP contribution in [0.4, 0.5) is 24.7 Å². The first-order valence-electron chi connectivity index (χ1n) is 10.6. The van der Waals surface area contributed by atoms with Gasteiger partial charge in [-0.3, -0.25) is 0 Å². The van der Waals surface area contributed by atoms with Gasteiger partial charge in [0.2, 0.25) is 0 Å². The van der Waals surface area contributed by atoms with Crippen LogP contribution in [0.25, 0.3) is 10.2 Å². The third-order valence-corrected chi connectivity index (χ3v) is 7.43. The highest BCUT2D eigenvalue weighted by molar-refractivity contribution is 7.98. The van der Waals surface area contributed by atoms with E-state index in [9.17, 15) is 28.2 Å². The number of rotatable bonds is 7. The van der Waals surface area contributed by atoms with Crippen molar-refractivity contribution in [2.45, 2.75) is 36.3 Å². The number of hydrogen-bond donors (Lipinski definition) is 4. The molecule has 0 amide bonds. The summed E-state index contributed by atoms with van der Waals surface area (Å²) < 4.78 is 41.4. The summed E-state index contributed by atoms with van der Waals surface area (Å²) in [6, 6.07) is 2.65. The Morgan fingerprint density at radius 1 is 1.37 bits per heavy atom. The van der Waals surface area contributed by atoms with Gasteiger partial charge < -0.3 is 26.2 Å². The lowest BCUT2D eigenvalue weighted by Gasteiger charge is -2.34. The monoisotopic (exact) mass is 528 g/mol. The lowest BCUT2D eigenvalue weighted by atomic mass is 10.0. The summed E-state index contributed by atoms with van der Waals surface area (Å²) >= 11 is 2.02. The number of thioether (sulfide) groups is 1. The van der Waals surface area contributed by atoms with E-state index < -0.39 is 29.5 Å². The van der Waals surface area contributed by atoms with E-state index in [0.29, 0.717) is 48.1 Å². The summed E-state index contributed by atoms with van der Waals surface area (Å²) in [6.07, 6.45) is -0.835. The fourth-order valence-corrected chi connectivity index (χ4v) is 5.30. The van der Waals surface area contributed by atoms with E-state index in [4.69, 9.17) is 5.73 Å². The molecule has 5 N–H and O–H groups in total. The topological polar surface area (TPSA) is 137 Å². The number of anilines is 2. The smallest absolute Gasteiger partial charge is 0.417 e. The van der Waals surface area contributed by atoms with E-state index in [0.717, 1.165) is 6.07 Å². The van der Waals surface area contributed by atoms with Crippen LogP contribution in [-0.2, 0) is 6.18 Å². The third-order valence-electron chi connectivity index (χ3n) is 5.78. The first-order chi connectivity index (χ1) is 16.6. The Balaban J connectivity index is 1.45. The van der Waals surface area contributed by atoms with Gasteiger partial charge in [0.15, 0.2) is 5.16 Å². The van der Waals surface area contributed by atoms with E-state index in [1.165, 1.54) is 11.8 Å². The van der Waals surface area contributed by atoms with E-state index in [-0.39, 0.29) is 33.5 Å². The van der Waals surface area contributed by atoms with Crippen LogP contribution >= 0.6 is 23.1 Å². The number of aromatic carboxylic acids is 1. The summed E-state index contributed by atoms with van der Waals surface area (Å²) in [5, 5.41) is 23.2. The maximum absolute atomic E-state index is 13.8. The predicted octanol–water partition coefficient (Wildman–Crippen LogP) is 3.40. The highest BCUT2D eigenvalue weighted by Crippen LogP contribution is 2.43. The van der Waals surface area contributed by atoms with Crippen molar-refractivity contribution in [2.24, 2.45) is 0 Å². The third kappa shape index (κ3) is 5.44. The van der Waals surface area contributed by atoms with Gasteiger partial charge in [0, 0.05) is 37.3 Å². The molecule has 188 valence electrons. The molecule has 4 rings (SSSR count). The second-order valence-corrected chi connectivity index (χ2v) is 9.78. The van der Waals surface area contributed by atoms with Crippen molar-refractivity contribution in [2.75, 3.05) is 36.5 Å². The summed E-state index contributed by atoms with van der Waals surface area (Å²) in [7, 11) is 0. The summed E-state index contributed by atoms with van der Waals surface area (Å²) in [6.45, 7) is 1.17. The fourth-order valence-electron chi connectivity index (χ4n) is 3.99. The molecule has 1 saturated heterocycles. The Bertz CT molecular complexity index is 1230. The Morgan fingerprint density at radius 3 is 2.71 bits per heavy atom. The molecule has 0 aromatic carbocycles. The first kappa shape index (κ1) is 25.4. The van der Waals surface area contributed by atoms with Crippen LogP contribution in [0.5, 0.6) is 0 Å². The maximum Gasteiger partial charge on any atom is 0.417 e. The number of alkyl halides is 3. The van der Waals surface area contributed by atoms with Gasteiger partial charge in [0.25, 0.3) is 0 Å². The molecule has 14 heteroatoms. The number of carboxylic acid groups (broad SMARTS) is 1. The van der Waals surface area contributed by atoms with E-state index in [2.05, 4.69) is 20.3 Å². The van der Waals surface area contributed by atoms with Crippen molar-refractivity contribution in [3.05, 3.63) is 34.5 Å². The number of aromatic nitrogens is 3. The normalized spacial score (nSPS) is 16.1. The van der Waals surface area contributed by atoms with E-state index >= 15 is 0 Å². The number of carboxylic acids is 1. The molecule has 1 aliphatic rings. The number of nitrogens with zero attached hydrogens (tertiary/aromatic N) is 4. The number of aliphatic hydroxyl groups is 1. The Morgan fingerprint density at radius 2 is 2.09 bits per heavy atom. The molecule has 3 aromatic rings. The molecule has 1 aliphatic heterocycles. The van der Waals surface area contributed by atoms with E-state index in [1.807, 2.05) is 6.26 Å². The van der Waals surface area contributed by atoms with Crippen molar-refractivity contribution < 1.29 is 28.2 Å². The highest BCUT2D eigenvalue weighted by atomic mass is 32.2. The maximum atomic E-state index is 13.8. The number of pyridine rings is 1. The van der Waals surface area contributed by atoms with Crippen LogP contribution in [0, 0.1) is 0 Å². The molecule has 0 saturated carbocycles. The molecule has 1 atom stereocenters. The number of aliphatic hydroxyl groups excluding tert-OH is 1. The molecule has 0 aliphatic carbocycles. The summed E-state index contributed by atoms with van der Waals surface area (Å²) in [5.74, 6) is -1.26. The molecule has 1 unspecified atom stereocenters. The Labute approximate surface area is 206 Å². The molecule has 35 heavy (non-hydrogen) atoms. The minimum Gasteiger partial charge on any atom is -0.477 e. The van der Waals surface area contributed by atoms with Crippen LogP contribution in [0.1, 0.15) is 39.9 Å². The van der Waals surface area contributed by atoms with Gasteiger partial charge in [-0.2, -0.15) is 13.2 Å². The minimum atomic E-state index is -4.71. The zero-order chi connectivity index (χ0) is 25.3. The quantitative estimate of drug-likeness (QED) is 0.267. The number of hydrogen-bond acceptors (Lipinski definition) is 10. The van der Waals surface area contributed by atoms with Gasteiger partial charge in [-0.25, -0.2) is 19.7 Å². The van der Waals surface area contributed by atoms with Gasteiger partial charge in [-0.05, 0) is 31.2 Å². The Hall–Kier alpha value is -2.68. The van der Waals surface area contributed by atoms with Crippen LogP contribution < -0.4 is 16.0 Å². The minimum absolute atomic E-state index is 0.0532. The number of piperidine rings is 1. The molecule has 0 bridgehead atoms. The second kappa shape index (κ2) is 10.1. The average molecular weight is 529 g/mol. The van der Waals surface area contributed by atoms with Crippen molar-refractivity contribution in [3.63, 3.8) is 0 Å². The lowest BCUT2D eigenvalue weighted by Crippen LogP contribution is -2.44. The van der Waals surface area contributed by atoms with Crippen molar-refractivity contribution in [1.82, 2.24) is 20.3 Å². The summed E-state index contributed by atoms with van der Waals surface area (Å²) in [4.78, 5) is 25.4. The number of nitrogen functional groups attached to an aromatic ring is 1. The zero-order valence-electron chi connectivity index (χ0n) is 18.5. The highest BCUT2D eigenvalue weighted by Gasteiger charge is 2.37. The number of carbonyl (C=O) groups is 1. The molecule has 9 nitrogen and oxygen atoms in total. The Kier molecular flexibility index (Phi) is 7.35. The number of fused-ring (bicyclic) bond motifs is 1. The first-order valence-corrected chi connectivity index (χ1v) is 12.7. The largest absolute Gasteiger partial charge is 0.477 e. The molecule has 1 fully saturated rings. The van der Waals surface area contributed by atoms with Crippen LogP contribution in [-0.4, -0.2) is 63.1 Å². The van der Waals surface area contributed by atoms with Crippen LogP contribution in [0.2, 0.25) is 0 Å². The van der Waals surface area contributed by atoms with Gasteiger partial charge >= 0.3 is 12.1 Å². The standard InChI is InChI=1S/C21H23F3N6O3S2/c1-34-20-26-5-2-12(28-20)13(31)9-27-10-3-6-30(7-4-10)14-8-11(21(22,23)24)15-16(25)17(19(32)33)35-18(15)29-14/h2,5,8,10,13,27,31H,3-4,6-7,9,25H2,1H3,(H,32,33). The SMILES string of the molecule is CSc1nccc(C(O)CNC2CCN(c3cc(C(F)(F)F)c4c(N)c(C(=O)O)sc4n3)CC2)n1. The molecule has 0 radical (unpaired) electrons. The second-order valence-electron chi connectivity index (χ2n) is 8.01. The summed E-state index contributed by atoms with van der Waals surface area (Å²) in [5.41, 5.74) is 4.85. The molecular weight excluding hydrogens is 505 g/mol. The zero-order valence-corrected chi connectivity index (χ0v) is 20.2. The predicted molar refractivity (Wildman–Crippen MR) is 128 cm³/mol. The fraction of sp³-hybridized carbons (Fsp3) is 0.429. The van der Waals surface area contributed by atoms with Crippen molar-refractivity contribution >= 4 is 50.8 Å².